The molecule has 0 radical (unpaired) electrons. The second-order valence-electron chi connectivity index (χ2n) is 4.66. The molecule has 4 nitrogen and oxygen atoms in total. The van der Waals surface area contributed by atoms with E-state index in [4.69, 9.17) is 0 Å². The molecule has 0 atom stereocenters. The minimum absolute atomic E-state index is 0.341. The first-order valence-electron chi connectivity index (χ1n) is 6.37. The molecule has 3 rings (SSSR count). The molecule has 2 aromatic heterocycles. The molecule has 0 fully saturated rings. The number of carboxylic acids is 1. The van der Waals surface area contributed by atoms with Crippen LogP contribution in [-0.4, -0.2) is 20.6 Å². The predicted octanol–water partition coefficient (Wildman–Crippen LogP) is 3.35. The van der Waals surface area contributed by atoms with Gasteiger partial charge in [-0.2, -0.15) is 0 Å². The molecule has 0 aliphatic rings. The van der Waals surface area contributed by atoms with E-state index in [-0.39, 0.29) is 0 Å². The first-order chi connectivity index (χ1) is 9.66. The van der Waals surface area contributed by atoms with Crippen LogP contribution in [0.5, 0.6) is 0 Å². The van der Waals surface area contributed by atoms with Crippen LogP contribution in [0.3, 0.4) is 0 Å². The van der Waals surface area contributed by atoms with Gasteiger partial charge >= 0.3 is 5.97 Å². The maximum Gasteiger partial charge on any atom is 0.352 e. The molecule has 2 heterocycles. The third-order valence-corrected chi connectivity index (χ3v) is 4.43. The Balaban J connectivity index is 1.99. The fraction of sp³-hybridized carbons (Fsp3) is 0.200. The molecule has 5 heteroatoms. The topological polar surface area (TPSA) is 55.1 Å². The highest BCUT2D eigenvalue weighted by atomic mass is 32.1. The summed E-state index contributed by atoms with van der Waals surface area (Å²) in [7, 11) is 0. The minimum Gasteiger partial charge on any atom is -0.477 e. The average Bonchev–Trinajstić information content (AvgIpc) is 3.00. The monoisotopic (exact) mass is 286 g/mol. The van der Waals surface area contributed by atoms with E-state index < -0.39 is 5.97 Å². The highest BCUT2D eigenvalue weighted by Crippen LogP contribution is 2.22. The van der Waals surface area contributed by atoms with Gasteiger partial charge in [0, 0.05) is 28.7 Å². The van der Waals surface area contributed by atoms with Crippen LogP contribution in [0.1, 0.15) is 21.1 Å². The van der Waals surface area contributed by atoms with Gasteiger partial charge in [0.15, 0.2) is 0 Å². The molecule has 0 saturated carbocycles. The zero-order valence-electron chi connectivity index (χ0n) is 11.0. The normalized spacial score (nSPS) is 11.1. The molecule has 0 amide bonds. The molecular weight excluding hydrogens is 272 g/mol. The fourth-order valence-corrected chi connectivity index (χ4v) is 3.18. The number of benzene rings is 1. The molecule has 102 valence electrons. The first-order valence-corrected chi connectivity index (χ1v) is 7.25. The molecule has 0 spiro atoms. The summed E-state index contributed by atoms with van der Waals surface area (Å²) in [5.74, 6) is -0.887. The molecular formula is C15H14N2O2S. The van der Waals surface area contributed by atoms with Crippen molar-refractivity contribution in [1.29, 1.82) is 0 Å². The van der Waals surface area contributed by atoms with Crippen molar-refractivity contribution in [3.63, 3.8) is 0 Å². The van der Waals surface area contributed by atoms with Gasteiger partial charge in [-0.3, -0.25) is 0 Å². The summed E-state index contributed by atoms with van der Waals surface area (Å²) in [5, 5.41) is 10.3. The lowest BCUT2D eigenvalue weighted by Crippen LogP contribution is -2.10. The Labute approximate surface area is 120 Å². The van der Waals surface area contributed by atoms with Gasteiger partial charge in [0.25, 0.3) is 0 Å². The number of carboxylic acid groups (broad SMARTS) is 1. The lowest BCUT2D eigenvalue weighted by atomic mass is 10.2. The fourth-order valence-electron chi connectivity index (χ4n) is 2.41. The average molecular weight is 286 g/mol. The van der Waals surface area contributed by atoms with Gasteiger partial charge in [0.1, 0.15) is 5.69 Å². The summed E-state index contributed by atoms with van der Waals surface area (Å²) in [5.41, 5.74) is 4.17. The largest absolute Gasteiger partial charge is 0.477 e. The van der Waals surface area contributed by atoms with Crippen molar-refractivity contribution in [1.82, 2.24) is 9.55 Å². The Kier molecular flexibility index (Phi) is 3.28. The summed E-state index contributed by atoms with van der Waals surface area (Å²) in [6, 6.07) is 9.49. The van der Waals surface area contributed by atoms with E-state index in [1.54, 1.807) is 17.4 Å². The van der Waals surface area contributed by atoms with Crippen molar-refractivity contribution >= 4 is 28.2 Å². The number of nitrogens with zero attached hydrogens (tertiary/aromatic N) is 2. The Bertz CT molecular complexity index is 773. The van der Waals surface area contributed by atoms with E-state index >= 15 is 0 Å². The van der Waals surface area contributed by atoms with E-state index in [1.807, 2.05) is 41.3 Å². The van der Waals surface area contributed by atoms with Gasteiger partial charge in [0.2, 0.25) is 0 Å². The van der Waals surface area contributed by atoms with Gasteiger partial charge in [0.05, 0.1) is 11.2 Å². The lowest BCUT2D eigenvalue weighted by molar-refractivity contribution is 0.0685. The van der Waals surface area contributed by atoms with Crippen molar-refractivity contribution in [3.8, 4) is 0 Å². The van der Waals surface area contributed by atoms with Crippen LogP contribution in [-0.2, 0) is 13.0 Å². The number of para-hydroxylation sites is 1. The summed E-state index contributed by atoms with van der Waals surface area (Å²) in [4.78, 5) is 16.8. The van der Waals surface area contributed by atoms with Crippen molar-refractivity contribution in [2.75, 3.05) is 0 Å². The van der Waals surface area contributed by atoms with Crippen molar-refractivity contribution in [2.24, 2.45) is 0 Å². The second-order valence-corrected chi connectivity index (χ2v) is 5.60. The number of hydrogen-bond acceptors (Lipinski definition) is 3. The van der Waals surface area contributed by atoms with Crippen molar-refractivity contribution in [2.45, 2.75) is 19.9 Å². The third kappa shape index (κ3) is 2.20. The maximum atomic E-state index is 11.4. The predicted molar refractivity (Wildman–Crippen MR) is 79.5 cm³/mol. The van der Waals surface area contributed by atoms with E-state index in [0.717, 1.165) is 23.0 Å². The summed E-state index contributed by atoms with van der Waals surface area (Å²) in [6.45, 7) is 2.63. The smallest absolute Gasteiger partial charge is 0.352 e. The van der Waals surface area contributed by atoms with Crippen LogP contribution < -0.4 is 0 Å². The van der Waals surface area contributed by atoms with E-state index in [0.29, 0.717) is 12.2 Å². The number of aromatic carboxylic acids is 1. The Morgan fingerprint density at radius 3 is 2.90 bits per heavy atom. The minimum atomic E-state index is -0.887. The molecule has 1 N–H and O–H groups in total. The number of thiazole rings is 1. The quantitative estimate of drug-likeness (QED) is 0.800. The number of rotatable bonds is 4. The molecule has 0 aliphatic carbocycles. The summed E-state index contributed by atoms with van der Waals surface area (Å²) >= 11 is 1.62. The van der Waals surface area contributed by atoms with Crippen LogP contribution in [0.25, 0.3) is 10.9 Å². The SMILES string of the molecule is Cc1ncsc1CCn1c(C(=O)O)cc2ccccc21. The number of aryl methyl sites for hydroxylation is 3. The number of carbonyl (C=O) groups is 1. The molecule has 0 bridgehead atoms. The molecule has 0 saturated heterocycles. The van der Waals surface area contributed by atoms with E-state index in [1.165, 1.54) is 4.88 Å². The zero-order chi connectivity index (χ0) is 14.1. The molecule has 0 unspecified atom stereocenters. The maximum absolute atomic E-state index is 11.4. The van der Waals surface area contributed by atoms with E-state index in [9.17, 15) is 9.90 Å². The number of fused-ring (bicyclic) bond motifs is 1. The van der Waals surface area contributed by atoms with Crippen LogP contribution in [0.2, 0.25) is 0 Å². The Hall–Kier alpha value is -2.14. The second kappa shape index (κ2) is 5.09. The molecule has 20 heavy (non-hydrogen) atoms. The summed E-state index contributed by atoms with van der Waals surface area (Å²) in [6.07, 6.45) is 0.801. The number of aromatic nitrogens is 2. The van der Waals surface area contributed by atoms with Gasteiger partial charge < -0.3 is 9.67 Å². The highest BCUT2D eigenvalue weighted by molar-refractivity contribution is 7.09. The Morgan fingerprint density at radius 2 is 2.20 bits per heavy atom. The lowest BCUT2D eigenvalue weighted by Gasteiger charge is -2.07. The molecule has 0 aliphatic heterocycles. The first kappa shape index (κ1) is 12.9. The van der Waals surface area contributed by atoms with Crippen LogP contribution in [0, 0.1) is 6.92 Å². The molecule has 3 aromatic rings. The highest BCUT2D eigenvalue weighted by Gasteiger charge is 2.14. The number of hydrogen-bond donors (Lipinski definition) is 1. The van der Waals surface area contributed by atoms with E-state index in [2.05, 4.69) is 4.98 Å². The zero-order valence-corrected chi connectivity index (χ0v) is 11.9. The van der Waals surface area contributed by atoms with Crippen molar-refractivity contribution < 1.29 is 9.90 Å². The molecule has 1 aromatic carbocycles. The van der Waals surface area contributed by atoms with Crippen LogP contribution in [0.4, 0.5) is 0 Å². The van der Waals surface area contributed by atoms with Gasteiger partial charge in [-0.05, 0) is 19.1 Å². The van der Waals surface area contributed by atoms with Gasteiger partial charge in [-0.15, -0.1) is 11.3 Å². The van der Waals surface area contributed by atoms with Crippen LogP contribution >= 0.6 is 11.3 Å². The van der Waals surface area contributed by atoms with Gasteiger partial charge in [-0.1, -0.05) is 18.2 Å². The standard InChI is InChI=1S/C15H14N2O2S/c1-10-14(20-9-16-10)6-7-17-12-5-3-2-4-11(12)8-13(17)15(18)19/h2-5,8-9H,6-7H2,1H3,(H,18,19). The third-order valence-electron chi connectivity index (χ3n) is 3.44. The summed E-state index contributed by atoms with van der Waals surface area (Å²) < 4.78 is 1.87. The van der Waals surface area contributed by atoms with Crippen molar-refractivity contribution in [3.05, 3.63) is 52.1 Å². The van der Waals surface area contributed by atoms with Gasteiger partial charge in [-0.25, -0.2) is 9.78 Å². The van der Waals surface area contributed by atoms with Crippen LogP contribution in [0.15, 0.2) is 35.8 Å². The Morgan fingerprint density at radius 1 is 1.40 bits per heavy atom.